The molecule has 6 heteroatoms. The minimum absolute atomic E-state index is 0.619. The number of para-hydroxylation sites is 3. The van der Waals surface area contributed by atoms with Crippen LogP contribution in [-0.4, -0.2) is 24.1 Å². The van der Waals surface area contributed by atoms with Gasteiger partial charge in [-0.3, -0.25) is 9.13 Å². The van der Waals surface area contributed by atoms with Crippen molar-refractivity contribution in [2.24, 2.45) is 0 Å². The average Bonchev–Trinajstić information content (AvgIpc) is 3.88. The van der Waals surface area contributed by atoms with Gasteiger partial charge in [0.05, 0.1) is 16.7 Å². The molecule has 12 aromatic rings. The fraction of sp³-hybridized carbons (Fsp3) is 0. The van der Waals surface area contributed by atoms with Crippen molar-refractivity contribution in [1.82, 2.24) is 24.1 Å². The number of aromatic nitrogens is 5. The van der Waals surface area contributed by atoms with Gasteiger partial charge in [-0.1, -0.05) is 169 Å². The number of nitrogens with zero attached hydrogens (tertiary/aromatic N) is 5. The van der Waals surface area contributed by atoms with E-state index < -0.39 is 0 Å². The summed E-state index contributed by atoms with van der Waals surface area (Å²) in [6.07, 6.45) is 0. The Kier molecular flexibility index (Phi) is 8.08. The van der Waals surface area contributed by atoms with E-state index >= 15 is 0 Å². The van der Waals surface area contributed by atoms with Crippen molar-refractivity contribution in [3.63, 3.8) is 0 Å². The van der Waals surface area contributed by atoms with Crippen LogP contribution < -0.4 is 0 Å². The smallest absolute Gasteiger partial charge is 0.164 e. The number of benzene rings is 9. The van der Waals surface area contributed by atoms with E-state index in [4.69, 9.17) is 15.0 Å². The molecule has 294 valence electrons. The lowest BCUT2D eigenvalue weighted by molar-refractivity contribution is 1.02. The molecular weight excluding hydrogens is 787 g/mol. The summed E-state index contributed by atoms with van der Waals surface area (Å²) in [4.78, 5) is 18.2. The predicted octanol–water partition coefficient (Wildman–Crippen LogP) is 14.9. The third kappa shape index (κ3) is 5.83. The first-order valence-corrected chi connectivity index (χ1v) is 22.0. The van der Waals surface area contributed by atoms with Gasteiger partial charge >= 0.3 is 0 Å². The Morgan fingerprint density at radius 1 is 0.349 bits per heavy atom. The molecular formula is C57H35N5S. The maximum Gasteiger partial charge on any atom is 0.164 e. The maximum absolute atomic E-state index is 5.28. The molecule has 0 fully saturated rings. The van der Waals surface area contributed by atoms with Crippen molar-refractivity contribution in [3.8, 4) is 67.8 Å². The summed E-state index contributed by atoms with van der Waals surface area (Å²) < 4.78 is 4.89. The molecule has 0 spiro atoms. The van der Waals surface area contributed by atoms with Crippen molar-refractivity contribution >= 4 is 55.4 Å². The van der Waals surface area contributed by atoms with Crippen molar-refractivity contribution < 1.29 is 0 Å². The van der Waals surface area contributed by atoms with Crippen LogP contribution in [0.1, 0.15) is 0 Å². The van der Waals surface area contributed by atoms with Crippen LogP contribution in [0.15, 0.2) is 222 Å². The Hall–Kier alpha value is -8.06. The van der Waals surface area contributed by atoms with Crippen molar-refractivity contribution in [2.75, 3.05) is 0 Å². The van der Waals surface area contributed by atoms with E-state index in [1.807, 2.05) is 17.8 Å². The normalized spacial score (nSPS) is 12.1. The van der Waals surface area contributed by atoms with Gasteiger partial charge in [0.25, 0.3) is 0 Å². The Morgan fingerprint density at radius 2 is 0.921 bits per heavy atom. The highest BCUT2D eigenvalue weighted by molar-refractivity contribution is 7.99. The summed E-state index contributed by atoms with van der Waals surface area (Å²) in [5.74, 6) is 1.87. The van der Waals surface area contributed by atoms with E-state index in [-0.39, 0.29) is 0 Å². The Labute approximate surface area is 367 Å². The second-order valence-electron chi connectivity index (χ2n) is 16.1. The molecule has 4 heterocycles. The van der Waals surface area contributed by atoms with E-state index in [0.29, 0.717) is 17.5 Å². The first-order valence-electron chi connectivity index (χ1n) is 21.2. The van der Waals surface area contributed by atoms with Gasteiger partial charge in [-0.2, -0.15) is 0 Å². The van der Waals surface area contributed by atoms with Crippen LogP contribution in [0.4, 0.5) is 0 Å². The fourth-order valence-electron chi connectivity index (χ4n) is 9.37. The lowest BCUT2D eigenvalue weighted by Gasteiger charge is -2.22. The number of hydrogen-bond acceptors (Lipinski definition) is 4. The topological polar surface area (TPSA) is 48.5 Å². The molecule has 0 atom stereocenters. The standard InChI is InChI=1S/C57H35N5S/c1-3-13-36(14-4-1)41-17-11-18-43(34-41)55-58-54(39-28-25-38(26-29-39)42-30-27-37-15-7-8-16-40(37)33-42)59-56(60-55)44-31-32-50-49(35-44)62-53-47(22-12-24-51(53)63-50)52-46-21-9-10-23-48(46)61(57(52)62)45-19-5-2-6-20-45/h1-35H. The first-order chi connectivity index (χ1) is 31.2. The molecule has 1 aliphatic heterocycles. The Balaban J connectivity index is 1.00. The SMILES string of the molecule is c1ccc(-c2cccc(-c3nc(-c4ccc(-c5ccc6ccccc6c5)cc4)nc(-c4ccc5c(c4)-n4c6c(cccc6c6c7ccccc7n(-c7ccccc7)c64)S5)n3)c2)cc1. The number of rotatable bonds is 6. The maximum atomic E-state index is 5.28. The zero-order valence-corrected chi connectivity index (χ0v) is 34.7. The zero-order valence-electron chi connectivity index (χ0n) is 33.9. The molecule has 0 N–H and O–H groups in total. The highest BCUT2D eigenvalue weighted by atomic mass is 32.2. The average molecular weight is 822 g/mol. The molecule has 0 amide bonds. The monoisotopic (exact) mass is 821 g/mol. The molecule has 9 aromatic carbocycles. The van der Waals surface area contributed by atoms with Gasteiger partial charge in [0, 0.05) is 48.3 Å². The zero-order chi connectivity index (χ0) is 41.4. The van der Waals surface area contributed by atoms with Gasteiger partial charge < -0.3 is 0 Å². The van der Waals surface area contributed by atoms with Gasteiger partial charge in [0.2, 0.25) is 0 Å². The third-order valence-corrected chi connectivity index (χ3v) is 13.4. The van der Waals surface area contributed by atoms with Crippen molar-refractivity contribution in [1.29, 1.82) is 0 Å². The molecule has 0 unspecified atom stereocenters. The lowest BCUT2D eigenvalue weighted by atomic mass is 10.00. The molecule has 5 nitrogen and oxygen atoms in total. The largest absolute Gasteiger partial charge is 0.295 e. The van der Waals surface area contributed by atoms with E-state index in [1.54, 1.807) is 0 Å². The molecule has 0 saturated heterocycles. The molecule has 0 radical (unpaired) electrons. The summed E-state index contributed by atoms with van der Waals surface area (Å²) in [6, 6.07) is 75.5. The van der Waals surface area contributed by atoms with Gasteiger partial charge in [-0.05, 0) is 87.6 Å². The second-order valence-corrected chi connectivity index (χ2v) is 17.1. The highest BCUT2D eigenvalue weighted by Crippen LogP contribution is 2.50. The van der Waals surface area contributed by atoms with Crippen molar-refractivity contribution in [2.45, 2.75) is 9.79 Å². The minimum Gasteiger partial charge on any atom is -0.295 e. The second kappa shape index (κ2) is 14.3. The van der Waals surface area contributed by atoms with Gasteiger partial charge in [0.1, 0.15) is 5.65 Å². The summed E-state index contributed by atoms with van der Waals surface area (Å²) >= 11 is 1.82. The molecule has 0 aliphatic carbocycles. The molecule has 63 heavy (non-hydrogen) atoms. The predicted molar refractivity (Wildman–Crippen MR) is 260 cm³/mol. The molecule has 1 aliphatic rings. The lowest BCUT2D eigenvalue weighted by Crippen LogP contribution is -2.06. The summed E-state index contributed by atoms with van der Waals surface area (Å²) in [7, 11) is 0. The van der Waals surface area contributed by atoms with E-state index in [1.165, 1.54) is 53.3 Å². The van der Waals surface area contributed by atoms with Crippen LogP contribution in [0, 0.1) is 0 Å². The highest BCUT2D eigenvalue weighted by Gasteiger charge is 2.28. The van der Waals surface area contributed by atoms with Crippen LogP contribution in [-0.2, 0) is 0 Å². The van der Waals surface area contributed by atoms with Crippen LogP contribution in [0.5, 0.6) is 0 Å². The third-order valence-electron chi connectivity index (χ3n) is 12.3. The fourth-order valence-corrected chi connectivity index (χ4v) is 10.4. The van der Waals surface area contributed by atoms with E-state index in [0.717, 1.165) is 50.4 Å². The summed E-state index contributed by atoms with van der Waals surface area (Å²) in [6.45, 7) is 0. The van der Waals surface area contributed by atoms with Crippen LogP contribution in [0.25, 0.3) is 111 Å². The molecule has 13 rings (SSSR count). The number of fused-ring (bicyclic) bond motifs is 8. The first kappa shape index (κ1) is 35.7. The van der Waals surface area contributed by atoms with Crippen molar-refractivity contribution in [3.05, 3.63) is 212 Å². The molecule has 0 bridgehead atoms. The van der Waals surface area contributed by atoms with Gasteiger partial charge in [-0.15, -0.1) is 0 Å². The Morgan fingerprint density at radius 3 is 1.75 bits per heavy atom. The van der Waals surface area contributed by atoms with Gasteiger partial charge in [0.15, 0.2) is 17.5 Å². The minimum atomic E-state index is 0.619. The van der Waals surface area contributed by atoms with Gasteiger partial charge in [-0.25, -0.2) is 15.0 Å². The Bertz CT molecular complexity index is 3760. The number of hydrogen-bond donors (Lipinski definition) is 0. The van der Waals surface area contributed by atoms with E-state index in [2.05, 4.69) is 215 Å². The summed E-state index contributed by atoms with van der Waals surface area (Å²) in [5, 5.41) is 6.18. The quantitative estimate of drug-likeness (QED) is 0.168. The molecule has 0 saturated carbocycles. The van der Waals surface area contributed by atoms with E-state index in [9.17, 15) is 0 Å². The molecule has 3 aromatic heterocycles. The summed E-state index contributed by atoms with van der Waals surface area (Å²) in [5.41, 5.74) is 13.1. The van der Waals surface area contributed by atoms with Crippen LogP contribution in [0.3, 0.4) is 0 Å². The van der Waals surface area contributed by atoms with Crippen LogP contribution in [0.2, 0.25) is 0 Å². The van der Waals surface area contributed by atoms with Crippen LogP contribution >= 0.6 is 11.8 Å².